The second kappa shape index (κ2) is 11.1. The molecule has 5 heteroatoms. The standard InChI is InChI=1S/C16H21FO4/c1-19-9-4-10-20-11-12-21-16-7-6-15(17)13-14(16)5-2-3-8-18/h6-7,13,18H,3-4,8-12H2,1H3. The Morgan fingerprint density at radius 3 is 2.81 bits per heavy atom. The molecule has 1 rings (SSSR count). The van der Waals surface area contributed by atoms with Crippen LogP contribution in [-0.2, 0) is 9.47 Å². The van der Waals surface area contributed by atoms with Crippen molar-refractivity contribution < 1.29 is 23.7 Å². The number of hydrogen-bond donors (Lipinski definition) is 1. The van der Waals surface area contributed by atoms with Crippen LogP contribution in [0.15, 0.2) is 18.2 Å². The smallest absolute Gasteiger partial charge is 0.135 e. The minimum Gasteiger partial charge on any atom is -0.490 e. The first-order valence-corrected chi connectivity index (χ1v) is 6.86. The van der Waals surface area contributed by atoms with E-state index in [9.17, 15) is 4.39 Å². The van der Waals surface area contributed by atoms with Crippen LogP contribution in [0.25, 0.3) is 0 Å². The lowest BCUT2D eigenvalue weighted by atomic mass is 10.2. The highest BCUT2D eigenvalue weighted by Crippen LogP contribution is 2.18. The maximum Gasteiger partial charge on any atom is 0.135 e. The van der Waals surface area contributed by atoms with Gasteiger partial charge in [0.1, 0.15) is 18.2 Å². The molecule has 0 spiro atoms. The van der Waals surface area contributed by atoms with Crippen molar-refractivity contribution >= 4 is 0 Å². The van der Waals surface area contributed by atoms with Crippen molar-refractivity contribution in [2.45, 2.75) is 12.8 Å². The van der Waals surface area contributed by atoms with E-state index in [1.54, 1.807) is 13.2 Å². The average Bonchev–Trinajstić information content (AvgIpc) is 2.48. The first-order valence-electron chi connectivity index (χ1n) is 6.86. The molecule has 0 fully saturated rings. The molecule has 0 aliphatic heterocycles. The first kappa shape index (κ1) is 17.4. The second-order valence-electron chi connectivity index (χ2n) is 4.22. The highest BCUT2D eigenvalue weighted by molar-refractivity contribution is 5.46. The Bertz CT molecular complexity index is 465. The third kappa shape index (κ3) is 7.66. The van der Waals surface area contributed by atoms with E-state index in [1.165, 1.54) is 12.1 Å². The van der Waals surface area contributed by atoms with Crippen molar-refractivity contribution in [1.29, 1.82) is 0 Å². The summed E-state index contributed by atoms with van der Waals surface area (Å²) in [5.74, 6) is 5.69. The van der Waals surface area contributed by atoms with Gasteiger partial charge in [-0.15, -0.1) is 0 Å². The van der Waals surface area contributed by atoms with E-state index in [4.69, 9.17) is 19.3 Å². The summed E-state index contributed by atoms with van der Waals surface area (Å²) >= 11 is 0. The van der Waals surface area contributed by atoms with Crippen LogP contribution in [0.1, 0.15) is 18.4 Å². The molecule has 0 aliphatic carbocycles. The van der Waals surface area contributed by atoms with Crippen molar-refractivity contribution in [3.05, 3.63) is 29.6 Å². The number of benzene rings is 1. The van der Waals surface area contributed by atoms with Gasteiger partial charge in [0.2, 0.25) is 0 Å². The zero-order valence-corrected chi connectivity index (χ0v) is 12.2. The van der Waals surface area contributed by atoms with E-state index >= 15 is 0 Å². The van der Waals surface area contributed by atoms with Crippen molar-refractivity contribution in [2.24, 2.45) is 0 Å². The fraction of sp³-hybridized carbons (Fsp3) is 0.500. The predicted molar refractivity (Wildman–Crippen MR) is 77.8 cm³/mol. The summed E-state index contributed by atoms with van der Waals surface area (Å²) < 4.78 is 29.0. The van der Waals surface area contributed by atoms with E-state index in [-0.39, 0.29) is 12.4 Å². The van der Waals surface area contributed by atoms with Crippen LogP contribution in [0, 0.1) is 17.7 Å². The third-order valence-electron chi connectivity index (χ3n) is 2.52. The Labute approximate surface area is 124 Å². The molecule has 0 bridgehead atoms. The van der Waals surface area contributed by atoms with E-state index in [0.717, 1.165) is 6.42 Å². The lowest BCUT2D eigenvalue weighted by Gasteiger charge is -2.09. The quantitative estimate of drug-likeness (QED) is 0.559. The summed E-state index contributed by atoms with van der Waals surface area (Å²) in [4.78, 5) is 0. The number of ether oxygens (including phenoxy) is 3. The van der Waals surface area contributed by atoms with E-state index in [2.05, 4.69) is 11.8 Å². The molecule has 1 N–H and O–H groups in total. The van der Waals surface area contributed by atoms with Gasteiger partial charge in [-0.3, -0.25) is 0 Å². The highest BCUT2D eigenvalue weighted by atomic mass is 19.1. The van der Waals surface area contributed by atoms with Crippen LogP contribution in [0.4, 0.5) is 4.39 Å². The molecule has 0 saturated carbocycles. The second-order valence-corrected chi connectivity index (χ2v) is 4.22. The molecule has 0 amide bonds. The molecule has 0 atom stereocenters. The molecule has 21 heavy (non-hydrogen) atoms. The van der Waals surface area contributed by atoms with Crippen molar-refractivity contribution in [3.8, 4) is 17.6 Å². The molecule has 1 aromatic rings. The highest BCUT2D eigenvalue weighted by Gasteiger charge is 2.03. The monoisotopic (exact) mass is 296 g/mol. The third-order valence-corrected chi connectivity index (χ3v) is 2.52. The molecular weight excluding hydrogens is 275 g/mol. The molecule has 0 saturated heterocycles. The number of halogens is 1. The van der Waals surface area contributed by atoms with Crippen LogP contribution in [0.3, 0.4) is 0 Å². The van der Waals surface area contributed by atoms with Gasteiger partial charge < -0.3 is 19.3 Å². The van der Waals surface area contributed by atoms with Crippen LogP contribution >= 0.6 is 0 Å². The number of methoxy groups -OCH3 is 1. The molecular formula is C16H21FO4. The van der Waals surface area contributed by atoms with Gasteiger partial charge in [0.15, 0.2) is 0 Å². The van der Waals surface area contributed by atoms with Gasteiger partial charge in [0.25, 0.3) is 0 Å². The van der Waals surface area contributed by atoms with Crippen LogP contribution < -0.4 is 4.74 Å². The molecule has 1 aromatic carbocycles. The maximum atomic E-state index is 13.2. The lowest BCUT2D eigenvalue weighted by Crippen LogP contribution is -2.09. The normalized spacial score (nSPS) is 10.0. The average molecular weight is 296 g/mol. The molecule has 0 aliphatic rings. The lowest BCUT2D eigenvalue weighted by molar-refractivity contribution is 0.0806. The predicted octanol–water partition coefficient (Wildman–Crippen LogP) is 1.99. The van der Waals surface area contributed by atoms with Gasteiger partial charge in [-0.25, -0.2) is 4.39 Å². The van der Waals surface area contributed by atoms with Gasteiger partial charge in [0, 0.05) is 26.7 Å². The Kier molecular flexibility index (Phi) is 9.21. The largest absolute Gasteiger partial charge is 0.490 e. The fourth-order valence-corrected chi connectivity index (χ4v) is 1.56. The van der Waals surface area contributed by atoms with Crippen LogP contribution in [0.5, 0.6) is 5.75 Å². The summed E-state index contributed by atoms with van der Waals surface area (Å²) in [5, 5.41) is 8.70. The van der Waals surface area contributed by atoms with Gasteiger partial charge in [-0.1, -0.05) is 11.8 Å². The minimum atomic E-state index is -0.369. The van der Waals surface area contributed by atoms with Gasteiger partial charge in [0.05, 0.1) is 18.8 Å². The summed E-state index contributed by atoms with van der Waals surface area (Å²) in [6.45, 7) is 2.08. The zero-order chi connectivity index (χ0) is 15.3. The number of rotatable bonds is 9. The van der Waals surface area contributed by atoms with Gasteiger partial charge in [-0.2, -0.15) is 0 Å². The Morgan fingerprint density at radius 1 is 1.19 bits per heavy atom. The van der Waals surface area contributed by atoms with Crippen LogP contribution in [-0.4, -0.2) is 45.3 Å². The zero-order valence-electron chi connectivity index (χ0n) is 12.2. The summed E-state index contributed by atoms with van der Waals surface area (Å²) in [5.41, 5.74) is 0.475. The molecule has 0 aromatic heterocycles. The molecule has 0 radical (unpaired) electrons. The van der Waals surface area contributed by atoms with E-state index in [1.807, 2.05) is 0 Å². The number of hydrogen-bond acceptors (Lipinski definition) is 4. The first-order chi connectivity index (χ1) is 10.3. The van der Waals surface area contributed by atoms with Crippen molar-refractivity contribution in [3.63, 3.8) is 0 Å². The molecule has 4 nitrogen and oxygen atoms in total. The summed E-state index contributed by atoms with van der Waals surface area (Å²) in [6.07, 6.45) is 1.18. The van der Waals surface area contributed by atoms with Gasteiger partial charge >= 0.3 is 0 Å². The van der Waals surface area contributed by atoms with Crippen molar-refractivity contribution in [1.82, 2.24) is 0 Å². The summed E-state index contributed by atoms with van der Waals surface area (Å²) in [6, 6.07) is 4.19. The van der Waals surface area contributed by atoms with Crippen LogP contribution in [0.2, 0.25) is 0 Å². The molecule has 0 unspecified atom stereocenters. The van der Waals surface area contributed by atoms with E-state index < -0.39 is 0 Å². The topological polar surface area (TPSA) is 47.9 Å². The number of aliphatic hydroxyl groups excluding tert-OH is 1. The van der Waals surface area contributed by atoms with Crippen molar-refractivity contribution in [2.75, 3.05) is 40.1 Å². The number of aliphatic hydroxyl groups is 1. The Morgan fingerprint density at radius 2 is 2.05 bits per heavy atom. The summed E-state index contributed by atoms with van der Waals surface area (Å²) in [7, 11) is 1.65. The fourth-order valence-electron chi connectivity index (χ4n) is 1.56. The SMILES string of the molecule is COCCCOCCOc1ccc(F)cc1C#CCCO. The van der Waals surface area contributed by atoms with Gasteiger partial charge in [-0.05, 0) is 24.6 Å². The maximum absolute atomic E-state index is 13.2. The Balaban J connectivity index is 2.42. The minimum absolute atomic E-state index is 0.0200. The molecule has 0 heterocycles. The molecule has 116 valence electrons. The Hall–Kier alpha value is -1.61. The van der Waals surface area contributed by atoms with E-state index in [0.29, 0.717) is 44.2 Å².